The van der Waals surface area contributed by atoms with Gasteiger partial charge < -0.3 is 0 Å². The van der Waals surface area contributed by atoms with Gasteiger partial charge in [0.2, 0.25) is 5.82 Å². The van der Waals surface area contributed by atoms with Gasteiger partial charge >= 0.3 is 0 Å². The van der Waals surface area contributed by atoms with E-state index in [9.17, 15) is 26.7 Å². The summed E-state index contributed by atoms with van der Waals surface area (Å²) in [6, 6.07) is 0. The molecule has 1 amide bonds. The summed E-state index contributed by atoms with van der Waals surface area (Å²) in [5, 5.41) is 0. The predicted octanol–water partition coefficient (Wildman–Crippen LogP) is 1.81. The number of hydrogen-bond donors (Lipinski definition) is 0. The van der Waals surface area contributed by atoms with Crippen molar-refractivity contribution in [1.29, 1.82) is 0 Å². The lowest BCUT2D eigenvalue weighted by atomic mass is 10.1. The molecule has 1 aromatic carbocycles. The summed E-state index contributed by atoms with van der Waals surface area (Å²) < 4.78 is 62.3. The number of rotatable bonds is 1. The number of nitrogens with one attached hydrogen (secondary N) is 1. The maximum Gasteiger partial charge on any atom is 0.275 e. The van der Waals surface area contributed by atoms with E-state index < -0.39 is 40.6 Å². The van der Waals surface area contributed by atoms with Gasteiger partial charge in [0.25, 0.3) is 5.91 Å². The van der Waals surface area contributed by atoms with Crippen LogP contribution in [-0.2, 0) is 0 Å². The van der Waals surface area contributed by atoms with Gasteiger partial charge in [0, 0.05) is 0 Å². The average Bonchev–Trinajstić information content (AvgIpc) is 2.11. The van der Waals surface area contributed by atoms with Crippen LogP contribution in [0.5, 0.6) is 0 Å². The van der Waals surface area contributed by atoms with Crippen LogP contribution in [0.3, 0.4) is 0 Å². The number of amides is 1. The molecule has 0 heterocycles. The van der Waals surface area contributed by atoms with Gasteiger partial charge in [0.1, 0.15) is 5.56 Å². The lowest BCUT2D eigenvalue weighted by molar-refractivity contribution is 0.0980. The maximum absolute atomic E-state index is 12.6. The van der Waals surface area contributed by atoms with E-state index in [0.717, 1.165) is 0 Å². The Hall–Kier alpha value is -1.66. The highest BCUT2D eigenvalue weighted by molar-refractivity contribution is 5.92. The van der Waals surface area contributed by atoms with Gasteiger partial charge in [-0.3, -0.25) is 10.5 Å². The van der Waals surface area contributed by atoms with Crippen LogP contribution in [0.15, 0.2) is 0 Å². The number of carbonyl (C=O) groups is 1. The third kappa shape index (κ3) is 1.30. The molecule has 0 atom stereocenters. The van der Waals surface area contributed by atoms with Crippen molar-refractivity contribution in [1.82, 2.24) is 5.73 Å². The second kappa shape index (κ2) is 3.24. The number of halogens is 5. The summed E-state index contributed by atoms with van der Waals surface area (Å²) in [7, 11) is 0. The molecular weight excluding hydrogens is 209 g/mol. The summed E-state index contributed by atoms with van der Waals surface area (Å²) in [6.07, 6.45) is 0. The standard InChI is InChI=1S/C7HF5NO/c8-2-1(7(13)14)3(9)5(11)6(12)4(2)10/h13H. The van der Waals surface area contributed by atoms with E-state index in [0.29, 0.717) is 0 Å². The molecule has 1 N–H and O–H groups in total. The minimum absolute atomic E-state index is 1.75. The van der Waals surface area contributed by atoms with Crippen molar-refractivity contribution in [2.24, 2.45) is 0 Å². The molecule has 0 spiro atoms. The fourth-order valence-corrected chi connectivity index (χ4v) is 0.804. The first-order valence-corrected chi connectivity index (χ1v) is 3.15. The van der Waals surface area contributed by atoms with Gasteiger partial charge in [-0.25, -0.2) is 22.0 Å². The lowest BCUT2D eigenvalue weighted by Gasteiger charge is -2.03. The van der Waals surface area contributed by atoms with Gasteiger partial charge in [0.05, 0.1) is 0 Å². The molecule has 0 aromatic heterocycles. The van der Waals surface area contributed by atoms with Crippen LogP contribution in [0.1, 0.15) is 10.4 Å². The van der Waals surface area contributed by atoms with Crippen LogP contribution in [0.25, 0.3) is 0 Å². The van der Waals surface area contributed by atoms with Crippen molar-refractivity contribution in [2.75, 3.05) is 0 Å². The Bertz CT molecular complexity index is 388. The minimum atomic E-state index is -2.36. The van der Waals surface area contributed by atoms with Crippen LogP contribution < -0.4 is 5.73 Å². The Labute approximate surface area is 74.1 Å². The van der Waals surface area contributed by atoms with Crippen molar-refractivity contribution >= 4 is 5.91 Å². The van der Waals surface area contributed by atoms with Gasteiger partial charge in [-0.1, -0.05) is 0 Å². The van der Waals surface area contributed by atoms with Crippen molar-refractivity contribution < 1.29 is 26.7 Å². The van der Waals surface area contributed by atoms with Gasteiger partial charge in [-0.15, -0.1) is 0 Å². The normalized spacial score (nSPS) is 10.4. The lowest BCUT2D eigenvalue weighted by Crippen LogP contribution is -2.12. The van der Waals surface area contributed by atoms with Crippen LogP contribution in [-0.4, -0.2) is 5.91 Å². The Kier molecular flexibility index (Phi) is 2.41. The molecular formula is C7HF5NO. The third-order valence-corrected chi connectivity index (χ3v) is 1.44. The summed E-state index contributed by atoms with van der Waals surface area (Å²) >= 11 is 0. The quantitative estimate of drug-likeness (QED) is 0.396. The zero-order valence-electron chi connectivity index (χ0n) is 6.30. The van der Waals surface area contributed by atoms with E-state index in [1.54, 1.807) is 0 Å². The first-order valence-electron chi connectivity index (χ1n) is 3.15. The fraction of sp³-hybridized carbons (Fsp3) is 0. The molecule has 2 nitrogen and oxygen atoms in total. The summed E-state index contributed by atoms with van der Waals surface area (Å²) in [5.41, 5.74) is 4.54. The van der Waals surface area contributed by atoms with Crippen LogP contribution in [0.2, 0.25) is 0 Å². The summed E-state index contributed by atoms with van der Waals surface area (Å²) in [5.74, 6) is -13.4. The van der Waals surface area contributed by atoms with Crippen LogP contribution >= 0.6 is 0 Å². The largest absolute Gasteiger partial charge is 0.275 e. The zero-order valence-corrected chi connectivity index (χ0v) is 6.30. The van der Waals surface area contributed by atoms with Crippen molar-refractivity contribution in [3.63, 3.8) is 0 Å². The Morgan fingerprint density at radius 3 is 1.36 bits per heavy atom. The number of benzene rings is 1. The molecule has 75 valence electrons. The molecule has 0 bridgehead atoms. The molecule has 0 saturated heterocycles. The smallest absolute Gasteiger partial charge is 0.267 e. The van der Waals surface area contributed by atoms with Crippen molar-refractivity contribution in [2.45, 2.75) is 0 Å². The Morgan fingerprint density at radius 1 is 0.786 bits per heavy atom. The maximum atomic E-state index is 12.6. The molecule has 0 fully saturated rings. The van der Waals surface area contributed by atoms with Gasteiger partial charge in [-0.2, -0.15) is 0 Å². The zero-order chi connectivity index (χ0) is 11.0. The molecule has 0 aliphatic heterocycles. The Morgan fingerprint density at radius 2 is 1.07 bits per heavy atom. The molecule has 1 rings (SSSR count). The van der Waals surface area contributed by atoms with Crippen LogP contribution in [0.4, 0.5) is 22.0 Å². The molecule has 0 aliphatic carbocycles. The molecule has 7 heteroatoms. The highest BCUT2D eigenvalue weighted by Gasteiger charge is 2.28. The second-order valence-corrected chi connectivity index (χ2v) is 2.27. The number of hydrogen-bond acceptors (Lipinski definition) is 1. The van der Waals surface area contributed by atoms with E-state index in [-0.39, 0.29) is 0 Å². The van der Waals surface area contributed by atoms with Crippen molar-refractivity contribution in [3.05, 3.63) is 34.6 Å². The minimum Gasteiger partial charge on any atom is -0.267 e. The highest BCUT2D eigenvalue weighted by Crippen LogP contribution is 2.22. The summed E-state index contributed by atoms with van der Waals surface area (Å²) in [4.78, 5) is 10.2. The first-order chi connectivity index (χ1) is 6.37. The topological polar surface area (TPSA) is 40.9 Å². The molecule has 1 aromatic rings. The Balaban J connectivity index is 3.68. The van der Waals surface area contributed by atoms with E-state index in [2.05, 4.69) is 0 Å². The molecule has 0 aliphatic rings. The molecule has 14 heavy (non-hydrogen) atoms. The van der Waals surface area contributed by atoms with E-state index in [1.807, 2.05) is 0 Å². The van der Waals surface area contributed by atoms with Crippen LogP contribution in [0, 0.1) is 29.1 Å². The van der Waals surface area contributed by atoms with Gasteiger partial charge in [0.15, 0.2) is 23.3 Å². The molecule has 0 unspecified atom stereocenters. The fourth-order valence-electron chi connectivity index (χ4n) is 0.804. The summed E-state index contributed by atoms with van der Waals surface area (Å²) in [6.45, 7) is 0. The molecule has 0 saturated carbocycles. The SMILES string of the molecule is [NH]C(=O)c1c(F)c(F)c(F)c(F)c1F. The van der Waals surface area contributed by atoms with Crippen molar-refractivity contribution in [3.8, 4) is 0 Å². The second-order valence-electron chi connectivity index (χ2n) is 2.27. The number of carbonyl (C=O) groups excluding carboxylic acids is 1. The monoisotopic (exact) mass is 210 g/mol. The van der Waals surface area contributed by atoms with Gasteiger partial charge in [-0.05, 0) is 0 Å². The van der Waals surface area contributed by atoms with E-state index in [1.165, 1.54) is 0 Å². The average molecular weight is 210 g/mol. The third-order valence-electron chi connectivity index (χ3n) is 1.44. The molecule has 1 radical (unpaired) electrons. The van der Waals surface area contributed by atoms with E-state index >= 15 is 0 Å². The predicted molar refractivity (Wildman–Crippen MR) is 33.7 cm³/mol. The first kappa shape index (κ1) is 10.4. The highest BCUT2D eigenvalue weighted by atomic mass is 19.2. The van der Waals surface area contributed by atoms with E-state index in [4.69, 9.17) is 5.73 Å².